The van der Waals surface area contributed by atoms with Crippen molar-refractivity contribution in [3.63, 3.8) is 0 Å². The van der Waals surface area contributed by atoms with E-state index in [1.807, 2.05) is 4.90 Å². The Morgan fingerprint density at radius 1 is 1.35 bits per heavy atom. The van der Waals surface area contributed by atoms with Crippen molar-refractivity contribution in [1.82, 2.24) is 9.97 Å². The van der Waals surface area contributed by atoms with Gasteiger partial charge in [-0.2, -0.15) is 13.2 Å². The van der Waals surface area contributed by atoms with E-state index in [9.17, 15) is 13.2 Å². The van der Waals surface area contributed by atoms with Crippen molar-refractivity contribution in [3.8, 4) is 0 Å². The van der Waals surface area contributed by atoms with E-state index in [-0.39, 0.29) is 11.6 Å². The van der Waals surface area contributed by atoms with Crippen LogP contribution in [0.2, 0.25) is 0 Å². The number of nitrogens with two attached hydrogens (primary N) is 1. The first-order chi connectivity index (χ1) is 9.44. The predicted octanol–water partition coefficient (Wildman–Crippen LogP) is 2.41. The largest absolute Gasteiger partial charge is 0.451 e. The summed E-state index contributed by atoms with van der Waals surface area (Å²) in [6, 6.07) is 1.45. The number of hydrazine groups is 1. The van der Waals surface area contributed by atoms with E-state index >= 15 is 0 Å². The van der Waals surface area contributed by atoms with Crippen LogP contribution in [0, 0.1) is 5.92 Å². The number of rotatable bonds is 3. The lowest BCUT2D eigenvalue weighted by Gasteiger charge is -2.32. The molecule has 2 heterocycles. The van der Waals surface area contributed by atoms with Gasteiger partial charge in [0.05, 0.1) is 0 Å². The molecule has 1 saturated heterocycles. The highest BCUT2D eigenvalue weighted by Gasteiger charge is 2.36. The molecule has 0 amide bonds. The Labute approximate surface area is 115 Å². The highest BCUT2D eigenvalue weighted by Crippen LogP contribution is 2.30. The first-order valence-corrected chi connectivity index (χ1v) is 6.62. The smallest absolute Gasteiger partial charge is 0.356 e. The Morgan fingerprint density at radius 3 is 2.50 bits per heavy atom. The number of piperidine rings is 1. The molecule has 2 rings (SSSR count). The molecule has 5 nitrogen and oxygen atoms in total. The third-order valence-electron chi connectivity index (χ3n) is 3.63. The van der Waals surface area contributed by atoms with Gasteiger partial charge < -0.3 is 10.3 Å². The van der Waals surface area contributed by atoms with E-state index in [0.29, 0.717) is 19.0 Å². The number of anilines is 2. The molecule has 1 aromatic heterocycles. The lowest BCUT2D eigenvalue weighted by Crippen LogP contribution is -2.34. The van der Waals surface area contributed by atoms with Gasteiger partial charge in [0.2, 0.25) is 5.82 Å². The molecule has 1 aromatic rings. The van der Waals surface area contributed by atoms with Crippen molar-refractivity contribution in [2.75, 3.05) is 23.4 Å². The van der Waals surface area contributed by atoms with Crippen LogP contribution in [0.3, 0.4) is 0 Å². The second-order valence-corrected chi connectivity index (χ2v) is 4.92. The van der Waals surface area contributed by atoms with Crippen LogP contribution in [0.15, 0.2) is 6.07 Å². The molecule has 0 bridgehead atoms. The fourth-order valence-electron chi connectivity index (χ4n) is 2.37. The Hall–Kier alpha value is -1.57. The average Bonchev–Trinajstić information content (AvgIpc) is 2.46. The third-order valence-corrected chi connectivity index (χ3v) is 3.63. The van der Waals surface area contributed by atoms with Crippen LogP contribution in [0.1, 0.15) is 32.0 Å². The van der Waals surface area contributed by atoms with E-state index in [1.54, 1.807) is 0 Å². The summed E-state index contributed by atoms with van der Waals surface area (Å²) in [6.45, 7) is 3.54. The van der Waals surface area contributed by atoms with Gasteiger partial charge in [0.25, 0.3) is 0 Å². The van der Waals surface area contributed by atoms with Gasteiger partial charge in [-0.15, -0.1) is 0 Å². The Kier molecular flexibility index (Phi) is 4.32. The van der Waals surface area contributed by atoms with Crippen molar-refractivity contribution >= 4 is 11.6 Å². The number of nitrogens with one attached hydrogen (secondary N) is 1. The lowest BCUT2D eigenvalue weighted by atomic mass is 9.94. The fourth-order valence-corrected chi connectivity index (χ4v) is 2.37. The maximum Gasteiger partial charge on any atom is 0.451 e. The molecular weight excluding hydrogens is 271 g/mol. The first kappa shape index (κ1) is 14.8. The van der Waals surface area contributed by atoms with E-state index in [0.717, 1.165) is 19.3 Å². The number of halogens is 3. The number of aromatic nitrogens is 2. The molecule has 1 fully saturated rings. The molecule has 8 heteroatoms. The average molecular weight is 289 g/mol. The standard InChI is InChI=1S/C12H18F3N5/c1-2-8-3-5-20(6-4-8)10-7-9(19-16)17-11(18-10)12(13,14)15/h7-8H,2-6,16H2,1H3,(H,17,18,19). The quantitative estimate of drug-likeness (QED) is 0.660. The fraction of sp³-hybridized carbons (Fsp3) is 0.667. The summed E-state index contributed by atoms with van der Waals surface area (Å²) in [6.07, 6.45) is -1.55. The van der Waals surface area contributed by atoms with Gasteiger partial charge in [-0.05, 0) is 18.8 Å². The molecule has 0 aliphatic carbocycles. The van der Waals surface area contributed by atoms with Gasteiger partial charge >= 0.3 is 6.18 Å². The van der Waals surface area contributed by atoms with Gasteiger partial charge in [0.1, 0.15) is 11.6 Å². The topological polar surface area (TPSA) is 67.1 Å². The Balaban J connectivity index is 2.23. The van der Waals surface area contributed by atoms with Crippen LogP contribution in [0.25, 0.3) is 0 Å². The molecule has 20 heavy (non-hydrogen) atoms. The van der Waals surface area contributed by atoms with Crippen LogP contribution < -0.4 is 16.2 Å². The summed E-state index contributed by atoms with van der Waals surface area (Å²) in [5, 5.41) is 0. The number of alkyl halides is 3. The van der Waals surface area contributed by atoms with E-state index in [4.69, 9.17) is 5.84 Å². The van der Waals surface area contributed by atoms with Crippen LogP contribution in [0.5, 0.6) is 0 Å². The molecule has 112 valence electrons. The number of nitrogens with zero attached hydrogens (tertiary/aromatic N) is 3. The molecule has 0 saturated carbocycles. The Bertz CT molecular complexity index is 455. The zero-order chi connectivity index (χ0) is 14.8. The van der Waals surface area contributed by atoms with Crippen molar-refractivity contribution in [1.29, 1.82) is 0 Å². The maximum absolute atomic E-state index is 12.8. The number of nitrogen functional groups attached to an aromatic ring is 1. The molecule has 0 unspecified atom stereocenters. The van der Waals surface area contributed by atoms with Gasteiger partial charge in [-0.25, -0.2) is 15.8 Å². The third kappa shape index (κ3) is 3.30. The normalized spacial score (nSPS) is 17.4. The molecule has 0 spiro atoms. The van der Waals surface area contributed by atoms with Gasteiger partial charge in [-0.3, -0.25) is 0 Å². The second kappa shape index (κ2) is 5.82. The molecule has 1 aliphatic rings. The molecular formula is C12H18F3N5. The van der Waals surface area contributed by atoms with E-state index in [1.165, 1.54) is 6.07 Å². The zero-order valence-corrected chi connectivity index (χ0v) is 11.2. The minimum atomic E-state index is -4.58. The lowest BCUT2D eigenvalue weighted by molar-refractivity contribution is -0.144. The predicted molar refractivity (Wildman–Crippen MR) is 70.1 cm³/mol. The molecule has 1 aliphatic heterocycles. The van der Waals surface area contributed by atoms with Gasteiger partial charge in [0, 0.05) is 19.2 Å². The van der Waals surface area contributed by atoms with Crippen molar-refractivity contribution in [2.24, 2.45) is 11.8 Å². The second-order valence-electron chi connectivity index (χ2n) is 4.92. The van der Waals surface area contributed by atoms with Gasteiger partial charge in [0.15, 0.2) is 0 Å². The monoisotopic (exact) mass is 289 g/mol. The number of hydrogen-bond acceptors (Lipinski definition) is 5. The highest BCUT2D eigenvalue weighted by atomic mass is 19.4. The zero-order valence-electron chi connectivity index (χ0n) is 11.2. The summed E-state index contributed by atoms with van der Waals surface area (Å²) < 4.78 is 38.3. The van der Waals surface area contributed by atoms with E-state index in [2.05, 4.69) is 22.3 Å². The van der Waals surface area contributed by atoms with Crippen molar-refractivity contribution in [3.05, 3.63) is 11.9 Å². The SMILES string of the molecule is CCC1CCN(c2cc(NN)nc(C(F)(F)F)n2)CC1. The van der Waals surface area contributed by atoms with Crippen LogP contribution >= 0.6 is 0 Å². The maximum atomic E-state index is 12.8. The van der Waals surface area contributed by atoms with E-state index < -0.39 is 12.0 Å². The van der Waals surface area contributed by atoms with Crippen LogP contribution in [0.4, 0.5) is 24.8 Å². The van der Waals surface area contributed by atoms with Crippen molar-refractivity contribution < 1.29 is 13.2 Å². The highest BCUT2D eigenvalue weighted by molar-refractivity contribution is 5.49. The number of hydrogen-bond donors (Lipinski definition) is 2. The summed E-state index contributed by atoms with van der Waals surface area (Å²) in [5.41, 5.74) is 2.16. The molecule has 0 atom stereocenters. The molecule has 0 radical (unpaired) electrons. The first-order valence-electron chi connectivity index (χ1n) is 6.62. The summed E-state index contributed by atoms with van der Waals surface area (Å²) in [4.78, 5) is 8.82. The van der Waals surface area contributed by atoms with Crippen LogP contribution in [-0.4, -0.2) is 23.1 Å². The van der Waals surface area contributed by atoms with Crippen LogP contribution in [-0.2, 0) is 6.18 Å². The molecule has 0 aromatic carbocycles. The Morgan fingerprint density at radius 2 is 2.00 bits per heavy atom. The molecule has 3 N–H and O–H groups in total. The summed E-state index contributed by atoms with van der Waals surface area (Å²) in [7, 11) is 0. The summed E-state index contributed by atoms with van der Waals surface area (Å²) >= 11 is 0. The van der Waals surface area contributed by atoms with Crippen molar-refractivity contribution in [2.45, 2.75) is 32.4 Å². The minimum absolute atomic E-state index is 0.0278. The summed E-state index contributed by atoms with van der Waals surface area (Å²) in [5.74, 6) is 4.90. The van der Waals surface area contributed by atoms with Gasteiger partial charge in [-0.1, -0.05) is 13.3 Å². The minimum Gasteiger partial charge on any atom is -0.356 e.